The number of fused-ring (bicyclic) bond motifs is 1. The van der Waals surface area contributed by atoms with Crippen molar-refractivity contribution in [3.8, 4) is 0 Å². The molecule has 0 unspecified atom stereocenters. The van der Waals surface area contributed by atoms with Gasteiger partial charge in [-0.05, 0) is 17.5 Å². The van der Waals surface area contributed by atoms with Crippen molar-refractivity contribution in [3.63, 3.8) is 0 Å². The lowest BCUT2D eigenvalue weighted by Gasteiger charge is -2.21. The van der Waals surface area contributed by atoms with Crippen LogP contribution in [-0.4, -0.2) is 12.3 Å². The number of hydrogen-bond acceptors (Lipinski definition) is 3. The van der Waals surface area contributed by atoms with Crippen LogP contribution < -0.4 is 11.1 Å². The number of thioether (sulfide) groups is 1. The molecule has 0 fully saturated rings. The van der Waals surface area contributed by atoms with E-state index in [2.05, 4.69) is 25.2 Å². The zero-order chi connectivity index (χ0) is 10.2. The largest absolute Gasteiger partial charge is 0.398 e. The Morgan fingerprint density at radius 2 is 2.21 bits per heavy atom. The molecule has 1 aromatic rings. The monoisotopic (exact) mass is 208 g/mol. The molecular weight excluding hydrogens is 192 g/mol. The number of nitrogens with one attached hydrogen (secondary N) is 1. The molecule has 1 aromatic carbocycles. The molecular formula is C11H16N2S. The Kier molecular flexibility index (Phi) is 2.35. The predicted molar refractivity (Wildman–Crippen MR) is 63.8 cm³/mol. The van der Waals surface area contributed by atoms with Crippen LogP contribution in [-0.2, 0) is 0 Å². The van der Waals surface area contributed by atoms with E-state index >= 15 is 0 Å². The van der Waals surface area contributed by atoms with Crippen LogP contribution in [0.1, 0.15) is 13.8 Å². The van der Waals surface area contributed by atoms with Crippen LogP contribution in [0.4, 0.5) is 11.4 Å². The third kappa shape index (κ3) is 1.82. The lowest BCUT2D eigenvalue weighted by Crippen LogP contribution is -2.23. The molecule has 0 amide bonds. The zero-order valence-electron chi connectivity index (χ0n) is 8.63. The summed E-state index contributed by atoms with van der Waals surface area (Å²) in [5, 5.41) is 3.46. The summed E-state index contributed by atoms with van der Waals surface area (Å²) in [6.07, 6.45) is 0. The average Bonchev–Trinajstić information content (AvgIpc) is 2.27. The van der Waals surface area contributed by atoms with Crippen LogP contribution in [0.25, 0.3) is 0 Å². The van der Waals surface area contributed by atoms with Crippen molar-refractivity contribution >= 4 is 23.1 Å². The second-order valence-electron chi connectivity index (χ2n) is 4.53. The van der Waals surface area contributed by atoms with Gasteiger partial charge in [-0.2, -0.15) is 0 Å². The van der Waals surface area contributed by atoms with Crippen molar-refractivity contribution in [3.05, 3.63) is 18.2 Å². The molecule has 0 saturated heterocycles. The minimum Gasteiger partial charge on any atom is -0.398 e. The number of rotatable bonds is 0. The van der Waals surface area contributed by atoms with E-state index in [1.165, 1.54) is 10.6 Å². The second-order valence-corrected chi connectivity index (χ2v) is 5.52. The molecule has 0 aliphatic carbocycles. The van der Waals surface area contributed by atoms with Gasteiger partial charge in [0.1, 0.15) is 0 Å². The quantitative estimate of drug-likeness (QED) is 0.644. The molecule has 2 nitrogen and oxygen atoms in total. The molecule has 0 bridgehead atoms. The topological polar surface area (TPSA) is 38.0 Å². The summed E-state index contributed by atoms with van der Waals surface area (Å²) in [6, 6.07) is 6.06. The third-order valence-corrected chi connectivity index (χ3v) is 4.08. The first kappa shape index (κ1) is 9.71. The minimum absolute atomic E-state index is 0.329. The van der Waals surface area contributed by atoms with Crippen LogP contribution >= 0.6 is 11.8 Å². The van der Waals surface area contributed by atoms with E-state index in [9.17, 15) is 0 Å². The van der Waals surface area contributed by atoms with Crippen molar-refractivity contribution in [2.75, 3.05) is 23.3 Å². The maximum atomic E-state index is 5.94. The SMILES string of the molecule is CC1(C)CNc2cccc(N)c2SC1. The Balaban J connectivity index is 2.34. The number of anilines is 2. The molecule has 76 valence electrons. The number of benzene rings is 1. The van der Waals surface area contributed by atoms with Crippen LogP contribution in [0.2, 0.25) is 0 Å². The third-order valence-electron chi connectivity index (χ3n) is 2.41. The van der Waals surface area contributed by atoms with E-state index in [1.54, 1.807) is 0 Å². The fraction of sp³-hybridized carbons (Fsp3) is 0.455. The van der Waals surface area contributed by atoms with Gasteiger partial charge in [-0.15, -0.1) is 11.8 Å². The van der Waals surface area contributed by atoms with Crippen LogP contribution in [0, 0.1) is 5.41 Å². The van der Waals surface area contributed by atoms with Crippen LogP contribution in [0.3, 0.4) is 0 Å². The molecule has 0 aromatic heterocycles. The van der Waals surface area contributed by atoms with Gasteiger partial charge >= 0.3 is 0 Å². The van der Waals surface area contributed by atoms with E-state index in [0.717, 1.165) is 18.0 Å². The molecule has 1 aliphatic heterocycles. The highest BCUT2D eigenvalue weighted by molar-refractivity contribution is 7.99. The van der Waals surface area contributed by atoms with Gasteiger partial charge in [-0.25, -0.2) is 0 Å². The van der Waals surface area contributed by atoms with Crippen molar-refractivity contribution < 1.29 is 0 Å². The van der Waals surface area contributed by atoms with Gasteiger partial charge in [0.05, 0.1) is 4.90 Å². The highest BCUT2D eigenvalue weighted by Gasteiger charge is 2.23. The Morgan fingerprint density at radius 1 is 1.43 bits per heavy atom. The number of hydrogen-bond donors (Lipinski definition) is 2. The minimum atomic E-state index is 0.329. The van der Waals surface area contributed by atoms with Crippen molar-refractivity contribution in [2.45, 2.75) is 18.7 Å². The Labute approximate surface area is 89.3 Å². The van der Waals surface area contributed by atoms with E-state index in [4.69, 9.17) is 5.73 Å². The van der Waals surface area contributed by atoms with Gasteiger partial charge in [0.15, 0.2) is 0 Å². The normalized spacial score (nSPS) is 19.3. The zero-order valence-corrected chi connectivity index (χ0v) is 9.45. The molecule has 1 heterocycles. The van der Waals surface area contributed by atoms with Gasteiger partial charge in [0, 0.05) is 23.7 Å². The molecule has 0 radical (unpaired) electrons. The lowest BCUT2D eigenvalue weighted by atomic mass is 9.96. The van der Waals surface area contributed by atoms with Gasteiger partial charge in [0.25, 0.3) is 0 Å². The Morgan fingerprint density at radius 3 is 3.00 bits per heavy atom. The van der Waals surface area contributed by atoms with Crippen molar-refractivity contribution in [1.82, 2.24) is 0 Å². The molecule has 0 spiro atoms. The van der Waals surface area contributed by atoms with E-state index in [-0.39, 0.29) is 0 Å². The molecule has 3 N–H and O–H groups in total. The van der Waals surface area contributed by atoms with E-state index in [1.807, 2.05) is 23.9 Å². The molecule has 0 atom stereocenters. The lowest BCUT2D eigenvalue weighted by molar-refractivity contribution is 0.456. The standard InChI is InChI=1S/C11H16N2S/c1-11(2)6-13-9-5-3-4-8(12)10(9)14-7-11/h3-5,13H,6-7,12H2,1-2H3. The van der Waals surface area contributed by atoms with Crippen LogP contribution in [0.5, 0.6) is 0 Å². The summed E-state index contributed by atoms with van der Waals surface area (Å²) >= 11 is 1.86. The van der Waals surface area contributed by atoms with E-state index in [0.29, 0.717) is 5.41 Å². The maximum absolute atomic E-state index is 5.94. The summed E-state index contributed by atoms with van der Waals surface area (Å²) in [5.41, 5.74) is 8.34. The highest BCUT2D eigenvalue weighted by atomic mass is 32.2. The molecule has 3 heteroatoms. The fourth-order valence-electron chi connectivity index (χ4n) is 1.51. The summed E-state index contributed by atoms with van der Waals surface area (Å²) in [4.78, 5) is 1.21. The molecule has 1 aliphatic rings. The number of nitrogen functional groups attached to an aromatic ring is 1. The van der Waals surface area contributed by atoms with Crippen molar-refractivity contribution in [1.29, 1.82) is 0 Å². The van der Waals surface area contributed by atoms with Gasteiger partial charge in [-0.3, -0.25) is 0 Å². The molecule has 14 heavy (non-hydrogen) atoms. The number of nitrogens with two attached hydrogens (primary N) is 1. The molecule has 2 rings (SSSR count). The summed E-state index contributed by atoms with van der Waals surface area (Å²) in [5.74, 6) is 1.11. The predicted octanol–water partition coefficient (Wildman–Crippen LogP) is 2.81. The first-order valence-electron chi connectivity index (χ1n) is 4.84. The summed E-state index contributed by atoms with van der Waals surface area (Å²) < 4.78 is 0. The smallest absolute Gasteiger partial charge is 0.0534 e. The molecule has 0 saturated carbocycles. The van der Waals surface area contributed by atoms with Crippen molar-refractivity contribution in [2.24, 2.45) is 5.41 Å². The first-order valence-corrected chi connectivity index (χ1v) is 5.82. The van der Waals surface area contributed by atoms with Gasteiger partial charge < -0.3 is 11.1 Å². The van der Waals surface area contributed by atoms with Crippen LogP contribution in [0.15, 0.2) is 23.1 Å². The van der Waals surface area contributed by atoms with Gasteiger partial charge in [0.2, 0.25) is 0 Å². The fourth-order valence-corrected chi connectivity index (χ4v) is 2.68. The highest BCUT2D eigenvalue weighted by Crippen LogP contribution is 2.39. The maximum Gasteiger partial charge on any atom is 0.0534 e. The average molecular weight is 208 g/mol. The van der Waals surface area contributed by atoms with Gasteiger partial charge in [-0.1, -0.05) is 19.9 Å². The Hall–Kier alpha value is -0.830. The first-order chi connectivity index (χ1) is 6.58. The Bertz CT molecular complexity index is 347. The second kappa shape index (κ2) is 3.39. The van der Waals surface area contributed by atoms with E-state index < -0.39 is 0 Å². The summed E-state index contributed by atoms with van der Waals surface area (Å²) in [6.45, 7) is 5.56. The summed E-state index contributed by atoms with van der Waals surface area (Å²) in [7, 11) is 0.